The highest BCUT2D eigenvalue weighted by atomic mass is 32.1. The molecule has 0 saturated carbocycles. The van der Waals surface area contributed by atoms with Crippen LogP contribution in [0, 0.1) is 20.8 Å². The Morgan fingerprint density at radius 1 is 1.09 bits per heavy atom. The second kappa shape index (κ2) is 7.56. The third-order valence-corrected chi connectivity index (χ3v) is 6.53. The molecule has 0 N–H and O–H groups in total. The van der Waals surface area contributed by atoms with E-state index in [1.165, 1.54) is 16.2 Å². The Morgan fingerprint density at radius 2 is 1.88 bits per heavy atom. The quantitative estimate of drug-likeness (QED) is 0.450. The second-order valence-corrected chi connectivity index (χ2v) is 8.95. The van der Waals surface area contributed by atoms with Crippen LogP contribution in [0.4, 0.5) is 5.13 Å². The number of ether oxygens (including phenoxy) is 1. The molecule has 4 aromatic rings. The van der Waals surface area contributed by atoms with Crippen LogP contribution in [0.1, 0.15) is 50.8 Å². The van der Waals surface area contributed by atoms with E-state index in [2.05, 4.69) is 10.2 Å². The minimum Gasteiger partial charge on any atom is -0.494 e. The lowest BCUT2D eigenvalue weighted by molar-refractivity contribution is 0.0970. The molecule has 2 aromatic heterocycles. The molecule has 0 fully saturated rings. The van der Waals surface area contributed by atoms with Crippen molar-refractivity contribution in [1.29, 1.82) is 0 Å². The molecule has 0 saturated heterocycles. The van der Waals surface area contributed by atoms with Crippen molar-refractivity contribution in [3.8, 4) is 5.75 Å². The number of carbonyl (C=O) groups excluding carboxylic acids is 1. The summed E-state index contributed by atoms with van der Waals surface area (Å²) in [6, 6.07) is 10.4. The monoisotopic (exact) mass is 447 g/mol. The third kappa shape index (κ3) is 3.10. The van der Waals surface area contributed by atoms with E-state index in [9.17, 15) is 9.59 Å². The van der Waals surface area contributed by atoms with Gasteiger partial charge in [0.25, 0.3) is 5.91 Å². The van der Waals surface area contributed by atoms with Crippen LogP contribution in [0.15, 0.2) is 45.6 Å². The van der Waals surface area contributed by atoms with Gasteiger partial charge in [-0.1, -0.05) is 23.5 Å². The van der Waals surface area contributed by atoms with Crippen molar-refractivity contribution in [3.63, 3.8) is 0 Å². The van der Waals surface area contributed by atoms with Gasteiger partial charge in [-0.2, -0.15) is 0 Å². The number of fused-ring (bicyclic) bond motifs is 2. The van der Waals surface area contributed by atoms with E-state index in [0.29, 0.717) is 34.0 Å². The molecule has 0 bridgehead atoms. The number of hydrogen-bond donors (Lipinski definition) is 0. The fourth-order valence-electron chi connectivity index (χ4n) is 4.07. The third-order valence-electron chi connectivity index (χ3n) is 5.69. The average molecular weight is 448 g/mol. The Kier molecular flexibility index (Phi) is 4.82. The summed E-state index contributed by atoms with van der Waals surface area (Å²) in [4.78, 5) is 28.8. The van der Waals surface area contributed by atoms with Gasteiger partial charge in [0.15, 0.2) is 5.43 Å². The Hall–Kier alpha value is -3.52. The Labute approximate surface area is 188 Å². The Morgan fingerprint density at radius 3 is 2.59 bits per heavy atom. The van der Waals surface area contributed by atoms with E-state index >= 15 is 0 Å². The zero-order valence-corrected chi connectivity index (χ0v) is 18.9. The minimum atomic E-state index is -0.687. The van der Waals surface area contributed by atoms with Crippen molar-refractivity contribution in [2.24, 2.45) is 0 Å². The first-order valence-corrected chi connectivity index (χ1v) is 11.1. The zero-order chi connectivity index (χ0) is 22.6. The van der Waals surface area contributed by atoms with Gasteiger partial charge in [0.05, 0.1) is 23.6 Å². The first kappa shape index (κ1) is 20.4. The van der Waals surface area contributed by atoms with Gasteiger partial charge in [-0.15, -0.1) is 10.2 Å². The number of aromatic nitrogens is 2. The highest BCUT2D eigenvalue weighted by Crippen LogP contribution is 2.42. The molecule has 8 heteroatoms. The number of aryl methyl sites for hydroxylation is 3. The van der Waals surface area contributed by atoms with Crippen LogP contribution in [0.3, 0.4) is 0 Å². The summed E-state index contributed by atoms with van der Waals surface area (Å²) in [6.45, 7) is 8.13. The molecule has 3 heterocycles. The molecule has 1 aliphatic rings. The van der Waals surface area contributed by atoms with E-state index in [-0.39, 0.29) is 11.2 Å². The number of benzene rings is 2. The van der Waals surface area contributed by atoms with E-state index in [4.69, 9.17) is 9.15 Å². The minimum absolute atomic E-state index is 0.0467. The highest BCUT2D eigenvalue weighted by Gasteiger charge is 2.45. The average Bonchev–Trinajstić information content (AvgIpc) is 3.31. The van der Waals surface area contributed by atoms with Crippen molar-refractivity contribution < 1.29 is 13.9 Å². The second-order valence-electron chi connectivity index (χ2n) is 7.79. The van der Waals surface area contributed by atoms with E-state index in [1.807, 2.05) is 64.1 Å². The number of amides is 1. The predicted octanol–water partition coefficient (Wildman–Crippen LogP) is 4.72. The van der Waals surface area contributed by atoms with Gasteiger partial charge in [-0.05, 0) is 68.7 Å². The van der Waals surface area contributed by atoms with Crippen LogP contribution in [-0.4, -0.2) is 22.7 Å². The van der Waals surface area contributed by atoms with E-state index in [0.717, 1.165) is 21.7 Å². The van der Waals surface area contributed by atoms with Gasteiger partial charge in [-0.25, -0.2) is 0 Å². The summed E-state index contributed by atoms with van der Waals surface area (Å²) in [5.41, 5.74) is 3.22. The van der Waals surface area contributed by atoms with Crippen molar-refractivity contribution in [3.05, 3.63) is 79.6 Å². The van der Waals surface area contributed by atoms with Crippen LogP contribution in [0.25, 0.3) is 11.0 Å². The van der Waals surface area contributed by atoms with Crippen molar-refractivity contribution >= 4 is 33.3 Å². The molecule has 1 aliphatic heterocycles. The van der Waals surface area contributed by atoms with Crippen LogP contribution < -0.4 is 15.1 Å². The summed E-state index contributed by atoms with van der Waals surface area (Å²) >= 11 is 1.30. The number of hydrogen-bond acceptors (Lipinski definition) is 7. The molecule has 32 heavy (non-hydrogen) atoms. The Balaban J connectivity index is 1.80. The maximum absolute atomic E-state index is 13.7. The maximum Gasteiger partial charge on any atom is 0.297 e. The van der Waals surface area contributed by atoms with E-state index in [1.54, 1.807) is 0 Å². The van der Waals surface area contributed by atoms with Crippen molar-refractivity contribution in [2.45, 2.75) is 33.7 Å². The highest BCUT2D eigenvalue weighted by molar-refractivity contribution is 7.15. The molecule has 0 spiro atoms. The first-order chi connectivity index (χ1) is 15.4. The van der Waals surface area contributed by atoms with E-state index < -0.39 is 11.9 Å². The number of nitrogens with zero attached hydrogens (tertiary/aromatic N) is 3. The summed E-state index contributed by atoms with van der Waals surface area (Å²) in [7, 11) is 0. The van der Waals surface area contributed by atoms with Gasteiger partial charge in [0, 0.05) is 0 Å². The molecular weight excluding hydrogens is 426 g/mol. The fourth-order valence-corrected chi connectivity index (χ4v) is 4.78. The maximum atomic E-state index is 13.7. The fraction of sp³-hybridized carbons (Fsp3) is 0.250. The molecule has 0 radical (unpaired) electrons. The summed E-state index contributed by atoms with van der Waals surface area (Å²) < 4.78 is 11.7. The largest absolute Gasteiger partial charge is 0.494 e. The molecule has 5 rings (SSSR count). The van der Waals surface area contributed by atoms with Crippen LogP contribution in [-0.2, 0) is 0 Å². The number of anilines is 1. The van der Waals surface area contributed by atoms with Crippen LogP contribution in [0.5, 0.6) is 5.75 Å². The number of rotatable bonds is 4. The smallest absolute Gasteiger partial charge is 0.297 e. The lowest BCUT2D eigenvalue weighted by Gasteiger charge is -2.22. The van der Waals surface area contributed by atoms with Gasteiger partial charge < -0.3 is 9.15 Å². The number of carbonyl (C=O) groups is 1. The lowest BCUT2D eigenvalue weighted by atomic mass is 9.97. The van der Waals surface area contributed by atoms with Gasteiger partial charge in [-0.3, -0.25) is 14.5 Å². The summed E-state index contributed by atoms with van der Waals surface area (Å²) in [5, 5.41) is 9.87. The summed E-state index contributed by atoms with van der Waals surface area (Å²) in [5.74, 6) is 0.307. The van der Waals surface area contributed by atoms with Crippen molar-refractivity contribution in [2.75, 3.05) is 11.5 Å². The van der Waals surface area contributed by atoms with Gasteiger partial charge in [0.1, 0.15) is 16.3 Å². The zero-order valence-electron chi connectivity index (χ0n) is 18.1. The summed E-state index contributed by atoms with van der Waals surface area (Å²) in [6.07, 6.45) is 0. The van der Waals surface area contributed by atoms with Gasteiger partial charge >= 0.3 is 0 Å². The normalized spacial score (nSPS) is 15.4. The van der Waals surface area contributed by atoms with Gasteiger partial charge in [0.2, 0.25) is 10.9 Å². The predicted molar refractivity (Wildman–Crippen MR) is 123 cm³/mol. The molecule has 1 unspecified atom stereocenters. The molecule has 7 nitrogen and oxygen atoms in total. The van der Waals surface area contributed by atoms with Crippen LogP contribution in [0.2, 0.25) is 0 Å². The lowest BCUT2D eigenvalue weighted by Crippen LogP contribution is -2.29. The topological polar surface area (TPSA) is 85.5 Å². The standard InChI is InChI=1S/C24H21N3O4S/c1-5-30-16-8-6-7-15(11-16)20-19-21(28)17-9-12(2)13(3)10-18(17)31-22(19)23(29)27(20)24-26-25-14(4)32-24/h6-11,20H,5H2,1-4H3. The molecule has 2 aromatic carbocycles. The van der Waals surface area contributed by atoms with Crippen molar-refractivity contribution in [1.82, 2.24) is 10.2 Å². The first-order valence-electron chi connectivity index (χ1n) is 10.3. The molecule has 162 valence electrons. The SMILES string of the molecule is CCOc1cccc(C2c3c(oc4cc(C)c(C)cc4c3=O)C(=O)N2c2nnc(C)s2)c1. The molecular formula is C24H21N3O4S. The van der Waals surface area contributed by atoms with Crippen LogP contribution >= 0.6 is 11.3 Å². The molecule has 1 atom stereocenters. The molecule has 1 amide bonds. The molecule has 0 aliphatic carbocycles. The Bertz CT molecular complexity index is 1440.